The van der Waals surface area contributed by atoms with Crippen molar-refractivity contribution >= 4 is 29.3 Å². The van der Waals surface area contributed by atoms with Crippen molar-refractivity contribution in [2.24, 2.45) is 5.73 Å². The first-order valence-corrected chi connectivity index (χ1v) is 9.58. The number of rotatable bonds is 7. The lowest BCUT2D eigenvalue weighted by molar-refractivity contribution is -0.115. The third-order valence-corrected chi connectivity index (χ3v) is 5.12. The first-order chi connectivity index (χ1) is 13.9. The van der Waals surface area contributed by atoms with Gasteiger partial charge in [-0.15, -0.1) is 5.10 Å². The number of hydrogen-bond acceptors (Lipinski definition) is 7. The van der Waals surface area contributed by atoms with Crippen molar-refractivity contribution in [1.29, 1.82) is 0 Å². The fourth-order valence-electron chi connectivity index (χ4n) is 2.54. The highest BCUT2D eigenvalue weighted by molar-refractivity contribution is 8.00. The van der Waals surface area contributed by atoms with E-state index in [1.807, 2.05) is 25.1 Å². The Morgan fingerprint density at radius 1 is 1.21 bits per heavy atom. The predicted octanol–water partition coefficient (Wildman–Crippen LogP) is 2.20. The second-order valence-corrected chi connectivity index (χ2v) is 7.55. The second-order valence-electron chi connectivity index (χ2n) is 6.24. The number of aromatic nitrogens is 4. The number of benzene rings is 2. The Hall–Kier alpha value is -3.40. The zero-order valence-electron chi connectivity index (χ0n) is 16.1. The molecule has 3 N–H and O–H groups in total. The lowest BCUT2D eigenvalue weighted by Crippen LogP contribution is -2.23. The van der Waals surface area contributed by atoms with Gasteiger partial charge in [0.1, 0.15) is 11.4 Å². The van der Waals surface area contributed by atoms with E-state index in [-0.39, 0.29) is 5.91 Å². The lowest BCUT2D eigenvalue weighted by Gasteiger charge is -2.13. The van der Waals surface area contributed by atoms with Crippen molar-refractivity contribution < 1.29 is 14.3 Å². The maximum absolute atomic E-state index is 12.6. The molecule has 0 unspecified atom stereocenters. The van der Waals surface area contributed by atoms with E-state index in [0.717, 1.165) is 5.56 Å². The number of nitrogens with one attached hydrogen (secondary N) is 1. The Balaban J connectivity index is 1.74. The molecule has 0 aliphatic heterocycles. The SMILES string of the molecule is COc1ccc(C)cc1-n1nnnc1S[C@@H](C)C(=O)Nc1ccc(C(N)=O)cc1. The van der Waals surface area contributed by atoms with Crippen LogP contribution >= 0.6 is 11.8 Å². The number of carbonyl (C=O) groups is 2. The normalized spacial score (nSPS) is 11.7. The number of thioether (sulfide) groups is 1. The third kappa shape index (κ3) is 4.72. The molecular formula is C19H20N6O3S. The molecule has 0 radical (unpaired) electrons. The van der Waals surface area contributed by atoms with E-state index >= 15 is 0 Å². The number of nitrogens with two attached hydrogens (primary N) is 1. The number of nitrogens with zero attached hydrogens (tertiary/aromatic N) is 4. The van der Waals surface area contributed by atoms with Crippen LogP contribution in [-0.2, 0) is 4.79 Å². The summed E-state index contributed by atoms with van der Waals surface area (Å²) in [6.07, 6.45) is 0. The van der Waals surface area contributed by atoms with E-state index < -0.39 is 11.2 Å². The molecule has 1 heterocycles. The molecule has 3 aromatic rings. The van der Waals surface area contributed by atoms with Gasteiger partial charge in [0.25, 0.3) is 0 Å². The molecule has 0 saturated carbocycles. The number of carbonyl (C=O) groups excluding carboxylic acids is 2. The minimum Gasteiger partial charge on any atom is -0.494 e. The number of tetrazole rings is 1. The Bertz CT molecular complexity index is 1030. The van der Waals surface area contributed by atoms with Gasteiger partial charge in [-0.05, 0) is 66.2 Å². The second kappa shape index (κ2) is 8.74. The number of primary amides is 1. The maximum atomic E-state index is 12.6. The summed E-state index contributed by atoms with van der Waals surface area (Å²) < 4.78 is 6.94. The number of methoxy groups -OCH3 is 1. The maximum Gasteiger partial charge on any atom is 0.248 e. The Morgan fingerprint density at radius 2 is 1.93 bits per heavy atom. The van der Waals surface area contributed by atoms with Gasteiger partial charge in [0.05, 0.1) is 12.4 Å². The lowest BCUT2D eigenvalue weighted by atomic mass is 10.2. The van der Waals surface area contributed by atoms with Crippen LogP contribution in [0.2, 0.25) is 0 Å². The summed E-state index contributed by atoms with van der Waals surface area (Å²) in [7, 11) is 1.57. The molecule has 2 amide bonds. The molecule has 0 bridgehead atoms. The van der Waals surface area contributed by atoms with Crippen molar-refractivity contribution in [3.05, 3.63) is 53.6 Å². The van der Waals surface area contributed by atoms with Gasteiger partial charge >= 0.3 is 0 Å². The Morgan fingerprint density at radius 3 is 2.59 bits per heavy atom. The van der Waals surface area contributed by atoms with Crippen molar-refractivity contribution in [2.45, 2.75) is 24.3 Å². The summed E-state index contributed by atoms with van der Waals surface area (Å²) in [6, 6.07) is 12.0. The molecule has 29 heavy (non-hydrogen) atoms. The first kappa shape index (κ1) is 20.3. The van der Waals surface area contributed by atoms with Gasteiger partial charge in [-0.25, -0.2) is 0 Å². The van der Waals surface area contributed by atoms with Gasteiger partial charge in [0.2, 0.25) is 17.0 Å². The van der Waals surface area contributed by atoms with Gasteiger partial charge in [0, 0.05) is 11.3 Å². The minimum absolute atomic E-state index is 0.229. The summed E-state index contributed by atoms with van der Waals surface area (Å²) in [5.74, 6) is -0.130. The van der Waals surface area contributed by atoms with Gasteiger partial charge in [-0.1, -0.05) is 17.8 Å². The summed E-state index contributed by atoms with van der Waals surface area (Å²) in [5, 5.41) is 14.6. The third-order valence-electron chi connectivity index (χ3n) is 4.09. The molecule has 0 aliphatic rings. The highest BCUT2D eigenvalue weighted by Gasteiger charge is 2.21. The largest absolute Gasteiger partial charge is 0.494 e. The number of hydrogen-bond donors (Lipinski definition) is 2. The van der Waals surface area contributed by atoms with E-state index in [1.54, 1.807) is 43.0 Å². The van der Waals surface area contributed by atoms with Crippen LogP contribution in [-0.4, -0.2) is 44.4 Å². The fourth-order valence-corrected chi connectivity index (χ4v) is 3.34. The number of aryl methyl sites for hydroxylation is 1. The van der Waals surface area contributed by atoms with E-state index in [2.05, 4.69) is 20.8 Å². The van der Waals surface area contributed by atoms with Gasteiger partial charge in [0.15, 0.2) is 0 Å². The molecule has 0 aliphatic carbocycles. The van der Waals surface area contributed by atoms with Crippen molar-refractivity contribution in [3.8, 4) is 11.4 Å². The quantitative estimate of drug-likeness (QED) is 0.570. The fraction of sp³-hybridized carbons (Fsp3) is 0.211. The number of anilines is 1. The molecule has 3 rings (SSSR count). The summed E-state index contributed by atoms with van der Waals surface area (Å²) in [6.45, 7) is 3.71. The zero-order valence-corrected chi connectivity index (χ0v) is 16.9. The molecule has 0 fully saturated rings. The van der Waals surface area contributed by atoms with Crippen LogP contribution < -0.4 is 15.8 Å². The summed E-state index contributed by atoms with van der Waals surface area (Å²) in [5.41, 5.74) is 7.87. The van der Waals surface area contributed by atoms with Gasteiger partial charge in [-0.2, -0.15) is 4.68 Å². The molecule has 9 nitrogen and oxygen atoms in total. The van der Waals surface area contributed by atoms with Crippen LogP contribution in [0.1, 0.15) is 22.8 Å². The van der Waals surface area contributed by atoms with E-state index in [1.165, 1.54) is 11.8 Å². The van der Waals surface area contributed by atoms with Gasteiger partial charge < -0.3 is 15.8 Å². The number of ether oxygens (including phenoxy) is 1. The van der Waals surface area contributed by atoms with E-state index in [9.17, 15) is 9.59 Å². The zero-order chi connectivity index (χ0) is 21.0. The van der Waals surface area contributed by atoms with Crippen LogP contribution in [0.4, 0.5) is 5.69 Å². The highest BCUT2D eigenvalue weighted by Crippen LogP contribution is 2.29. The minimum atomic E-state index is -0.523. The molecule has 2 aromatic carbocycles. The molecule has 0 spiro atoms. The molecule has 0 saturated heterocycles. The highest BCUT2D eigenvalue weighted by atomic mass is 32.2. The first-order valence-electron chi connectivity index (χ1n) is 8.70. The molecule has 10 heteroatoms. The van der Waals surface area contributed by atoms with Crippen molar-refractivity contribution in [2.75, 3.05) is 12.4 Å². The number of amides is 2. The monoisotopic (exact) mass is 412 g/mol. The topological polar surface area (TPSA) is 125 Å². The van der Waals surface area contributed by atoms with Crippen LogP contribution in [0, 0.1) is 6.92 Å². The molecule has 1 aromatic heterocycles. The van der Waals surface area contributed by atoms with Crippen molar-refractivity contribution in [1.82, 2.24) is 20.2 Å². The Kier molecular flexibility index (Phi) is 6.13. The van der Waals surface area contributed by atoms with Crippen LogP contribution in [0.25, 0.3) is 5.69 Å². The molecule has 1 atom stereocenters. The van der Waals surface area contributed by atoms with E-state index in [0.29, 0.717) is 27.8 Å². The van der Waals surface area contributed by atoms with Crippen molar-refractivity contribution in [3.63, 3.8) is 0 Å². The standard InChI is InChI=1S/C19H20N6O3S/c1-11-4-9-16(28-3)15(10-11)25-19(22-23-24-25)29-12(2)18(27)21-14-7-5-13(6-8-14)17(20)26/h4-10,12H,1-3H3,(H2,20,26)(H,21,27)/t12-/m0/s1. The average molecular weight is 412 g/mol. The Labute approximate surface area is 171 Å². The molecular weight excluding hydrogens is 392 g/mol. The average Bonchev–Trinajstić information content (AvgIpc) is 3.16. The van der Waals surface area contributed by atoms with Crippen LogP contribution in [0.3, 0.4) is 0 Å². The molecule has 150 valence electrons. The van der Waals surface area contributed by atoms with Gasteiger partial charge in [-0.3, -0.25) is 9.59 Å². The van der Waals surface area contributed by atoms with E-state index in [4.69, 9.17) is 10.5 Å². The van der Waals surface area contributed by atoms with Crippen LogP contribution in [0.5, 0.6) is 5.75 Å². The van der Waals surface area contributed by atoms with Crippen LogP contribution in [0.15, 0.2) is 47.6 Å². The summed E-state index contributed by atoms with van der Waals surface area (Å²) in [4.78, 5) is 23.7. The predicted molar refractivity (Wildman–Crippen MR) is 109 cm³/mol. The summed E-state index contributed by atoms with van der Waals surface area (Å²) >= 11 is 1.22. The smallest absolute Gasteiger partial charge is 0.248 e.